The number of hydrogen-bond donors (Lipinski definition) is 1. The monoisotopic (exact) mass is 336 g/mol. The van der Waals surface area contributed by atoms with Gasteiger partial charge in [-0.1, -0.05) is 0 Å². The Kier molecular flexibility index (Phi) is 4.09. The summed E-state index contributed by atoms with van der Waals surface area (Å²) in [5.41, 5.74) is 0.527. The first-order valence-electron chi connectivity index (χ1n) is 6.99. The van der Waals surface area contributed by atoms with Crippen molar-refractivity contribution in [2.24, 2.45) is 0 Å². The van der Waals surface area contributed by atoms with E-state index in [0.717, 1.165) is 6.26 Å². The molecule has 1 aliphatic heterocycles. The van der Waals surface area contributed by atoms with Crippen molar-refractivity contribution in [2.75, 3.05) is 12.8 Å². The van der Waals surface area contributed by atoms with Gasteiger partial charge in [0.2, 0.25) is 10.0 Å². The third-order valence-corrected chi connectivity index (χ3v) is 4.19. The molecule has 0 atom stereocenters. The number of carbonyl (C=O) groups is 1. The molecule has 9 nitrogen and oxygen atoms in total. The van der Waals surface area contributed by atoms with Crippen LogP contribution in [0, 0.1) is 0 Å². The number of nitrogens with one attached hydrogen (secondary N) is 1. The van der Waals surface area contributed by atoms with Crippen molar-refractivity contribution in [3.63, 3.8) is 0 Å². The van der Waals surface area contributed by atoms with E-state index in [4.69, 9.17) is 0 Å². The highest BCUT2D eigenvalue weighted by Gasteiger charge is 2.25. The standard InChI is InChI=1S/C13H16N6O3S/c1-23(21,22)15-8-11-16-17-12-9-18(5-6-19(11)12)13(20)10-3-2-4-14-7-10/h2-4,7,15H,5-6,8-9H2,1H3. The number of aromatic nitrogens is 4. The second-order valence-electron chi connectivity index (χ2n) is 5.25. The number of nitrogens with zero attached hydrogens (tertiary/aromatic N) is 5. The zero-order valence-corrected chi connectivity index (χ0v) is 13.3. The van der Waals surface area contributed by atoms with Gasteiger partial charge in [-0.3, -0.25) is 9.78 Å². The minimum Gasteiger partial charge on any atom is -0.329 e. The van der Waals surface area contributed by atoms with Crippen molar-refractivity contribution >= 4 is 15.9 Å². The maximum absolute atomic E-state index is 12.4. The van der Waals surface area contributed by atoms with E-state index in [1.54, 1.807) is 23.2 Å². The maximum Gasteiger partial charge on any atom is 0.255 e. The van der Waals surface area contributed by atoms with Gasteiger partial charge in [-0.05, 0) is 12.1 Å². The number of pyridine rings is 1. The number of fused-ring (bicyclic) bond motifs is 1. The van der Waals surface area contributed by atoms with E-state index in [1.807, 2.05) is 4.57 Å². The SMILES string of the molecule is CS(=O)(=O)NCc1nnc2n1CCN(C(=O)c1cccnc1)C2. The van der Waals surface area contributed by atoms with Crippen LogP contribution in [0.3, 0.4) is 0 Å². The lowest BCUT2D eigenvalue weighted by Gasteiger charge is -2.27. The lowest BCUT2D eigenvalue weighted by atomic mass is 10.2. The Morgan fingerprint density at radius 1 is 1.35 bits per heavy atom. The third kappa shape index (κ3) is 3.54. The van der Waals surface area contributed by atoms with Crippen molar-refractivity contribution in [2.45, 2.75) is 19.6 Å². The lowest BCUT2D eigenvalue weighted by Crippen LogP contribution is -2.39. The van der Waals surface area contributed by atoms with E-state index >= 15 is 0 Å². The lowest BCUT2D eigenvalue weighted by molar-refractivity contribution is 0.0706. The van der Waals surface area contributed by atoms with E-state index in [9.17, 15) is 13.2 Å². The van der Waals surface area contributed by atoms with Crippen molar-refractivity contribution in [1.82, 2.24) is 29.4 Å². The molecule has 1 aliphatic rings. The summed E-state index contributed by atoms with van der Waals surface area (Å²) in [7, 11) is -3.29. The smallest absolute Gasteiger partial charge is 0.255 e. The molecule has 2 aromatic heterocycles. The predicted molar refractivity (Wildman–Crippen MR) is 80.7 cm³/mol. The summed E-state index contributed by atoms with van der Waals surface area (Å²) in [4.78, 5) is 18.0. The van der Waals surface area contributed by atoms with Gasteiger partial charge in [0.1, 0.15) is 5.82 Å². The summed E-state index contributed by atoms with van der Waals surface area (Å²) in [5, 5.41) is 8.06. The van der Waals surface area contributed by atoms with Gasteiger partial charge in [0, 0.05) is 25.5 Å². The summed E-state index contributed by atoms with van der Waals surface area (Å²) in [6.07, 6.45) is 4.24. The molecule has 0 spiro atoms. The van der Waals surface area contributed by atoms with Crippen LogP contribution >= 0.6 is 0 Å². The fourth-order valence-electron chi connectivity index (χ4n) is 2.39. The second kappa shape index (κ2) is 6.05. The molecule has 0 unspecified atom stereocenters. The minimum atomic E-state index is -3.29. The number of carbonyl (C=O) groups excluding carboxylic acids is 1. The van der Waals surface area contributed by atoms with E-state index in [1.165, 1.54) is 6.20 Å². The van der Waals surface area contributed by atoms with Crippen LogP contribution in [0.25, 0.3) is 0 Å². The van der Waals surface area contributed by atoms with Gasteiger partial charge in [0.05, 0.1) is 24.9 Å². The van der Waals surface area contributed by atoms with E-state index in [-0.39, 0.29) is 12.5 Å². The van der Waals surface area contributed by atoms with Crippen LogP contribution in [0.4, 0.5) is 0 Å². The van der Waals surface area contributed by atoms with E-state index in [0.29, 0.717) is 36.8 Å². The molecular weight excluding hydrogens is 320 g/mol. The van der Waals surface area contributed by atoms with Crippen LogP contribution in [0.5, 0.6) is 0 Å². The van der Waals surface area contributed by atoms with Crippen molar-refractivity contribution in [3.05, 3.63) is 41.7 Å². The highest BCUT2D eigenvalue weighted by atomic mass is 32.2. The first-order chi connectivity index (χ1) is 10.9. The molecule has 0 aliphatic carbocycles. The van der Waals surface area contributed by atoms with Crippen LogP contribution in [0.15, 0.2) is 24.5 Å². The molecule has 0 bridgehead atoms. The first kappa shape index (κ1) is 15.6. The number of amides is 1. The Hall–Kier alpha value is -2.33. The van der Waals surface area contributed by atoms with Gasteiger partial charge in [-0.25, -0.2) is 13.1 Å². The molecule has 0 fully saturated rings. The Morgan fingerprint density at radius 2 is 2.17 bits per heavy atom. The fraction of sp³-hybridized carbons (Fsp3) is 0.385. The molecule has 1 amide bonds. The third-order valence-electron chi connectivity index (χ3n) is 3.52. The van der Waals surface area contributed by atoms with Gasteiger partial charge in [0.15, 0.2) is 5.82 Å². The van der Waals surface area contributed by atoms with Crippen LogP contribution in [-0.4, -0.2) is 51.8 Å². The molecule has 10 heteroatoms. The number of hydrogen-bond acceptors (Lipinski definition) is 6. The Balaban J connectivity index is 1.73. The quantitative estimate of drug-likeness (QED) is 0.797. The topological polar surface area (TPSA) is 110 Å². The molecule has 0 aromatic carbocycles. The number of sulfonamides is 1. The molecule has 23 heavy (non-hydrogen) atoms. The molecule has 3 heterocycles. The normalized spacial score (nSPS) is 14.6. The summed E-state index contributed by atoms with van der Waals surface area (Å²) in [5.74, 6) is 1.07. The van der Waals surface area contributed by atoms with Gasteiger partial charge >= 0.3 is 0 Å². The molecular formula is C13H16N6O3S. The number of rotatable bonds is 4. The van der Waals surface area contributed by atoms with Crippen LogP contribution in [0.1, 0.15) is 22.0 Å². The minimum absolute atomic E-state index is 0.0857. The Bertz CT molecular complexity index is 817. The zero-order chi connectivity index (χ0) is 16.4. The van der Waals surface area contributed by atoms with Crippen LogP contribution < -0.4 is 4.72 Å². The van der Waals surface area contributed by atoms with Gasteiger partial charge in [-0.15, -0.1) is 10.2 Å². The van der Waals surface area contributed by atoms with Crippen LogP contribution in [-0.2, 0) is 29.7 Å². The van der Waals surface area contributed by atoms with E-state index < -0.39 is 10.0 Å². The summed E-state index contributed by atoms with van der Waals surface area (Å²) in [6.45, 7) is 1.45. The maximum atomic E-state index is 12.4. The fourth-order valence-corrected chi connectivity index (χ4v) is 2.78. The highest BCUT2D eigenvalue weighted by molar-refractivity contribution is 7.88. The molecule has 3 rings (SSSR count). The second-order valence-corrected chi connectivity index (χ2v) is 7.08. The predicted octanol–water partition coefficient (Wildman–Crippen LogP) is -0.622. The Morgan fingerprint density at radius 3 is 2.87 bits per heavy atom. The van der Waals surface area contributed by atoms with Gasteiger partial charge in [-0.2, -0.15) is 0 Å². The van der Waals surface area contributed by atoms with Crippen molar-refractivity contribution < 1.29 is 13.2 Å². The molecule has 0 radical (unpaired) electrons. The highest BCUT2D eigenvalue weighted by Crippen LogP contribution is 2.15. The molecule has 122 valence electrons. The van der Waals surface area contributed by atoms with Gasteiger partial charge in [0.25, 0.3) is 5.91 Å². The van der Waals surface area contributed by atoms with Crippen LogP contribution in [0.2, 0.25) is 0 Å². The molecule has 0 saturated heterocycles. The van der Waals surface area contributed by atoms with Gasteiger partial charge < -0.3 is 9.47 Å². The summed E-state index contributed by atoms with van der Waals surface area (Å²) in [6, 6.07) is 3.44. The van der Waals surface area contributed by atoms with Crippen molar-refractivity contribution in [3.8, 4) is 0 Å². The average Bonchev–Trinajstić information content (AvgIpc) is 2.94. The van der Waals surface area contributed by atoms with Crippen molar-refractivity contribution in [1.29, 1.82) is 0 Å². The molecule has 2 aromatic rings. The Labute approximate surface area is 133 Å². The average molecular weight is 336 g/mol. The molecule has 1 N–H and O–H groups in total. The summed E-state index contributed by atoms with van der Waals surface area (Å²) >= 11 is 0. The zero-order valence-electron chi connectivity index (χ0n) is 12.5. The summed E-state index contributed by atoms with van der Waals surface area (Å²) < 4.78 is 26.6. The largest absolute Gasteiger partial charge is 0.329 e. The molecule has 0 saturated carbocycles. The first-order valence-corrected chi connectivity index (χ1v) is 8.88. The van der Waals surface area contributed by atoms with E-state index in [2.05, 4.69) is 19.9 Å².